The van der Waals surface area contributed by atoms with Crippen molar-refractivity contribution in [3.63, 3.8) is 0 Å². The second-order valence-corrected chi connectivity index (χ2v) is 4.16. The molecule has 0 fully saturated rings. The van der Waals surface area contributed by atoms with E-state index in [2.05, 4.69) is 16.6 Å². The van der Waals surface area contributed by atoms with Crippen molar-refractivity contribution in [3.8, 4) is 5.75 Å². The number of anilines is 1. The first kappa shape index (κ1) is 13.1. The summed E-state index contributed by atoms with van der Waals surface area (Å²) in [5.74, 6) is -0.0501. The van der Waals surface area contributed by atoms with Gasteiger partial charge in [-0.25, -0.2) is 4.79 Å². The van der Waals surface area contributed by atoms with E-state index in [0.717, 1.165) is 11.3 Å². The molecule has 0 saturated carbocycles. The third kappa shape index (κ3) is 2.93. The fourth-order valence-corrected chi connectivity index (χ4v) is 1.88. The maximum Gasteiger partial charge on any atom is 0.351 e. The highest BCUT2D eigenvalue weighted by molar-refractivity contribution is 5.94. The average Bonchev–Trinajstić information content (AvgIpc) is 2.43. The van der Waals surface area contributed by atoms with E-state index < -0.39 is 12.1 Å². The predicted molar refractivity (Wildman–Crippen MR) is 70.0 cm³/mol. The molecule has 0 spiro atoms. The van der Waals surface area contributed by atoms with Gasteiger partial charge in [-0.3, -0.25) is 4.79 Å². The van der Waals surface area contributed by atoms with Crippen molar-refractivity contribution in [2.75, 3.05) is 12.4 Å². The van der Waals surface area contributed by atoms with E-state index in [1.165, 1.54) is 13.2 Å². The molecule has 1 heterocycles. The summed E-state index contributed by atoms with van der Waals surface area (Å²) in [7, 11) is 1.29. The minimum atomic E-state index is -0.859. The Kier molecular flexibility index (Phi) is 3.85. The number of rotatable bonds is 4. The van der Waals surface area contributed by atoms with Crippen LogP contribution >= 0.6 is 0 Å². The van der Waals surface area contributed by atoms with Gasteiger partial charge < -0.3 is 14.8 Å². The minimum absolute atomic E-state index is 0.0158. The van der Waals surface area contributed by atoms with Crippen molar-refractivity contribution in [1.29, 1.82) is 0 Å². The first-order valence-electron chi connectivity index (χ1n) is 5.94. The molecular formula is C14H15NO4. The third-order valence-electron chi connectivity index (χ3n) is 2.89. The van der Waals surface area contributed by atoms with Crippen LogP contribution in [0.3, 0.4) is 0 Å². The predicted octanol–water partition coefficient (Wildman–Crippen LogP) is 1.68. The highest BCUT2D eigenvalue weighted by Gasteiger charge is 2.19. The fraction of sp³-hybridized carbons (Fsp3) is 0.286. The molecule has 1 aromatic carbocycles. The van der Waals surface area contributed by atoms with Gasteiger partial charge in [0.15, 0.2) is 0 Å². The van der Waals surface area contributed by atoms with Crippen molar-refractivity contribution in [1.82, 2.24) is 0 Å². The van der Waals surface area contributed by atoms with Gasteiger partial charge in [-0.05, 0) is 24.1 Å². The van der Waals surface area contributed by atoms with E-state index >= 15 is 0 Å². The SMILES string of the molecule is C=CC(Oc1ccc2c(c1)NC(=O)CC2)C(=O)OC. The number of esters is 1. The molecule has 0 aliphatic carbocycles. The van der Waals surface area contributed by atoms with Crippen molar-refractivity contribution in [2.24, 2.45) is 0 Å². The second kappa shape index (κ2) is 5.56. The molecule has 1 unspecified atom stereocenters. The summed E-state index contributed by atoms with van der Waals surface area (Å²) < 4.78 is 10.1. The number of ether oxygens (including phenoxy) is 2. The Bertz CT molecular complexity index is 524. The quantitative estimate of drug-likeness (QED) is 0.661. The Labute approximate surface area is 111 Å². The van der Waals surface area contributed by atoms with Crippen LogP contribution in [-0.4, -0.2) is 25.1 Å². The van der Waals surface area contributed by atoms with Crippen LogP contribution in [0.1, 0.15) is 12.0 Å². The topological polar surface area (TPSA) is 64.6 Å². The van der Waals surface area contributed by atoms with E-state index in [0.29, 0.717) is 18.6 Å². The van der Waals surface area contributed by atoms with Crippen molar-refractivity contribution < 1.29 is 19.1 Å². The van der Waals surface area contributed by atoms with Crippen LogP contribution in [0, 0.1) is 0 Å². The van der Waals surface area contributed by atoms with Gasteiger partial charge in [0.2, 0.25) is 12.0 Å². The zero-order chi connectivity index (χ0) is 13.8. The molecule has 19 heavy (non-hydrogen) atoms. The number of aryl methyl sites for hydroxylation is 1. The summed E-state index contributed by atoms with van der Waals surface area (Å²) in [5.41, 5.74) is 1.78. The summed E-state index contributed by atoms with van der Waals surface area (Å²) in [6, 6.07) is 5.34. The number of carbonyl (C=O) groups is 2. The van der Waals surface area contributed by atoms with E-state index in [1.807, 2.05) is 6.07 Å². The Balaban J connectivity index is 2.17. The zero-order valence-corrected chi connectivity index (χ0v) is 10.6. The van der Waals surface area contributed by atoms with Crippen LogP contribution in [0.2, 0.25) is 0 Å². The smallest absolute Gasteiger partial charge is 0.351 e. The van der Waals surface area contributed by atoms with E-state index in [1.54, 1.807) is 12.1 Å². The number of hydrogen-bond donors (Lipinski definition) is 1. The molecule has 100 valence electrons. The van der Waals surface area contributed by atoms with Crippen LogP contribution in [0.25, 0.3) is 0 Å². The highest BCUT2D eigenvalue weighted by Crippen LogP contribution is 2.27. The molecule has 1 N–H and O–H groups in total. The average molecular weight is 261 g/mol. The molecule has 5 nitrogen and oxygen atoms in total. The Morgan fingerprint density at radius 2 is 2.26 bits per heavy atom. The monoisotopic (exact) mass is 261 g/mol. The molecule has 1 aliphatic heterocycles. The Morgan fingerprint density at radius 3 is 2.95 bits per heavy atom. The summed E-state index contributed by atoms with van der Waals surface area (Å²) >= 11 is 0. The lowest BCUT2D eigenvalue weighted by molar-refractivity contribution is -0.146. The zero-order valence-electron chi connectivity index (χ0n) is 10.6. The lowest BCUT2D eigenvalue weighted by atomic mass is 10.0. The van der Waals surface area contributed by atoms with Gasteiger partial charge in [0.05, 0.1) is 7.11 Å². The number of hydrogen-bond acceptors (Lipinski definition) is 4. The molecule has 0 saturated heterocycles. The lowest BCUT2D eigenvalue weighted by Gasteiger charge is -2.19. The van der Waals surface area contributed by atoms with Crippen LogP contribution in [0.5, 0.6) is 5.75 Å². The number of methoxy groups -OCH3 is 1. The van der Waals surface area contributed by atoms with E-state index in [4.69, 9.17) is 4.74 Å². The second-order valence-electron chi connectivity index (χ2n) is 4.16. The lowest BCUT2D eigenvalue weighted by Crippen LogP contribution is -2.26. The Morgan fingerprint density at radius 1 is 1.47 bits per heavy atom. The van der Waals surface area contributed by atoms with Gasteiger partial charge in [0.25, 0.3) is 0 Å². The molecule has 0 bridgehead atoms. The van der Waals surface area contributed by atoms with E-state index in [-0.39, 0.29) is 5.91 Å². The van der Waals surface area contributed by atoms with E-state index in [9.17, 15) is 9.59 Å². The van der Waals surface area contributed by atoms with Gasteiger partial charge in [0.1, 0.15) is 5.75 Å². The molecule has 1 aliphatic rings. The van der Waals surface area contributed by atoms with Gasteiger partial charge in [0, 0.05) is 18.2 Å². The number of carbonyl (C=O) groups excluding carboxylic acids is 2. The summed E-state index contributed by atoms with van der Waals surface area (Å²) in [4.78, 5) is 22.7. The minimum Gasteiger partial charge on any atom is -0.475 e. The molecular weight excluding hydrogens is 246 g/mol. The third-order valence-corrected chi connectivity index (χ3v) is 2.89. The number of amides is 1. The van der Waals surface area contributed by atoms with Crippen LogP contribution in [0.4, 0.5) is 5.69 Å². The normalized spacial score (nSPS) is 14.9. The number of nitrogens with one attached hydrogen (secondary N) is 1. The van der Waals surface area contributed by atoms with Gasteiger partial charge >= 0.3 is 5.97 Å². The molecule has 0 aromatic heterocycles. The van der Waals surface area contributed by atoms with Gasteiger partial charge in [-0.15, -0.1) is 0 Å². The fourth-order valence-electron chi connectivity index (χ4n) is 1.88. The highest BCUT2D eigenvalue weighted by atomic mass is 16.6. The number of fused-ring (bicyclic) bond motifs is 1. The van der Waals surface area contributed by atoms with Gasteiger partial charge in [-0.1, -0.05) is 12.6 Å². The van der Waals surface area contributed by atoms with Crippen molar-refractivity contribution in [3.05, 3.63) is 36.4 Å². The first-order valence-corrected chi connectivity index (χ1v) is 5.94. The number of benzene rings is 1. The first-order chi connectivity index (χ1) is 9.13. The van der Waals surface area contributed by atoms with Crippen LogP contribution in [0.15, 0.2) is 30.9 Å². The summed E-state index contributed by atoms with van der Waals surface area (Å²) in [6.07, 6.45) is 1.71. The molecule has 1 amide bonds. The maximum absolute atomic E-state index is 11.4. The molecule has 5 heteroatoms. The molecule has 1 atom stereocenters. The standard InChI is InChI=1S/C14H15NO4/c1-3-12(14(17)18-2)19-10-6-4-9-5-7-13(16)15-11(9)8-10/h3-4,6,8,12H,1,5,7H2,2H3,(H,15,16). The molecule has 2 rings (SSSR count). The Hall–Kier alpha value is -2.30. The molecule has 1 aromatic rings. The van der Waals surface area contributed by atoms with Crippen molar-refractivity contribution in [2.45, 2.75) is 18.9 Å². The van der Waals surface area contributed by atoms with Gasteiger partial charge in [-0.2, -0.15) is 0 Å². The van der Waals surface area contributed by atoms with Crippen molar-refractivity contribution >= 4 is 17.6 Å². The maximum atomic E-state index is 11.4. The summed E-state index contributed by atoms with van der Waals surface area (Å²) in [6.45, 7) is 3.53. The summed E-state index contributed by atoms with van der Waals surface area (Å²) in [5, 5.41) is 2.77. The van der Waals surface area contributed by atoms with Crippen LogP contribution < -0.4 is 10.1 Å². The molecule has 0 radical (unpaired) electrons. The largest absolute Gasteiger partial charge is 0.475 e. The van der Waals surface area contributed by atoms with Crippen LogP contribution in [-0.2, 0) is 20.7 Å².